The second-order valence-electron chi connectivity index (χ2n) is 7.07. The van der Waals surface area contributed by atoms with Gasteiger partial charge in [-0.25, -0.2) is 19.1 Å². The molecule has 0 saturated heterocycles. The van der Waals surface area contributed by atoms with Gasteiger partial charge in [0.25, 0.3) is 0 Å². The van der Waals surface area contributed by atoms with E-state index in [1.54, 1.807) is 60.7 Å². The molecule has 4 aromatic rings. The van der Waals surface area contributed by atoms with Crippen molar-refractivity contribution in [1.29, 1.82) is 0 Å². The number of hydrogen-bond acceptors (Lipinski definition) is 7. The summed E-state index contributed by atoms with van der Waals surface area (Å²) in [6.45, 7) is -0.498. The third-order valence-electron chi connectivity index (χ3n) is 4.59. The van der Waals surface area contributed by atoms with E-state index in [1.807, 2.05) is 0 Å². The van der Waals surface area contributed by atoms with Crippen LogP contribution in [0.2, 0.25) is 5.02 Å². The normalized spacial score (nSPS) is 11.4. The summed E-state index contributed by atoms with van der Waals surface area (Å²) in [5.74, 6) is 0.00303. The van der Waals surface area contributed by atoms with E-state index in [9.17, 15) is 14.4 Å². The fourth-order valence-corrected chi connectivity index (χ4v) is 3.15. The minimum atomic E-state index is -0.825. The van der Waals surface area contributed by atoms with Crippen molar-refractivity contribution in [3.8, 4) is 11.6 Å². The first kappa shape index (κ1) is 22.7. The van der Waals surface area contributed by atoms with Crippen LogP contribution in [0.4, 0.5) is 5.69 Å². The fraction of sp³-hybridized carbons (Fsp3) is 0.0909. The highest BCUT2D eigenvalue weighted by atomic mass is 35.5. The largest absolute Gasteiger partial charge is 0.438 e. The minimum absolute atomic E-state index is 0.00624. The molecule has 0 aliphatic heterocycles. The molecule has 172 valence electrons. The number of nitrogens with one attached hydrogen (secondary N) is 1. The number of amides is 1. The molecule has 0 spiro atoms. The number of hydrogen-bond donors (Lipinski definition) is 2. The highest BCUT2D eigenvalue weighted by Gasteiger charge is 2.12. The van der Waals surface area contributed by atoms with Gasteiger partial charge in [0, 0.05) is 17.3 Å². The van der Waals surface area contributed by atoms with Crippen molar-refractivity contribution in [2.24, 2.45) is 10.7 Å². The topological polar surface area (TPSA) is 150 Å². The molecule has 1 amide bonds. The number of halogens is 1. The second kappa shape index (κ2) is 9.96. The Labute approximate surface area is 196 Å². The molecule has 4 rings (SSSR count). The molecule has 3 N–H and O–H groups in total. The molecule has 2 heterocycles. The molecule has 0 saturated carbocycles. The number of aromatic nitrogens is 5. The summed E-state index contributed by atoms with van der Waals surface area (Å²) in [4.78, 5) is 43.8. The van der Waals surface area contributed by atoms with Crippen LogP contribution in [0.1, 0.15) is 5.56 Å². The van der Waals surface area contributed by atoms with Gasteiger partial charge < -0.3 is 10.5 Å². The molecular weight excluding hydrogens is 462 g/mol. The van der Waals surface area contributed by atoms with Gasteiger partial charge in [-0.15, -0.1) is 5.10 Å². The number of carbonyl (C=O) groups excluding carboxylic acids is 1. The molecule has 12 heteroatoms. The van der Waals surface area contributed by atoms with E-state index in [-0.39, 0.29) is 12.2 Å². The first-order valence-electron chi connectivity index (χ1n) is 9.96. The molecule has 0 fully saturated rings. The van der Waals surface area contributed by atoms with E-state index in [2.05, 4.69) is 20.2 Å². The summed E-state index contributed by atoms with van der Waals surface area (Å²) in [6.07, 6.45) is 1.53. The Morgan fingerprint density at radius 1 is 1.06 bits per heavy atom. The number of primary amides is 1. The molecule has 34 heavy (non-hydrogen) atoms. The molecule has 0 bridgehead atoms. The number of H-pyrrole nitrogens is 1. The highest BCUT2D eigenvalue weighted by Crippen LogP contribution is 2.21. The Kier molecular flexibility index (Phi) is 6.64. The third-order valence-corrected chi connectivity index (χ3v) is 4.84. The lowest BCUT2D eigenvalue weighted by atomic mass is 10.2. The van der Waals surface area contributed by atoms with Crippen LogP contribution >= 0.6 is 11.6 Å². The van der Waals surface area contributed by atoms with Crippen LogP contribution in [-0.2, 0) is 17.9 Å². The molecular formula is C22H18ClN7O4. The van der Waals surface area contributed by atoms with E-state index < -0.39 is 23.8 Å². The van der Waals surface area contributed by atoms with Crippen molar-refractivity contribution in [3.05, 3.63) is 104 Å². The monoisotopic (exact) mass is 479 g/mol. The third kappa shape index (κ3) is 5.45. The van der Waals surface area contributed by atoms with Crippen LogP contribution in [0.3, 0.4) is 0 Å². The van der Waals surface area contributed by atoms with Crippen molar-refractivity contribution < 1.29 is 9.53 Å². The second-order valence-corrected chi connectivity index (χ2v) is 7.51. The molecule has 0 aliphatic carbocycles. The van der Waals surface area contributed by atoms with Crippen LogP contribution in [0.15, 0.2) is 81.4 Å². The zero-order chi connectivity index (χ0) is 24.1. The fourth-order valence-electron chi connectivity index (χ4n) is 3.03. The Hall–Kier alpha value is -4.51. The van der Waals surface area contributed by atoms with Crippen molar-refractivity contribution >= 4 is 23.2 Å². The van der Waals surface area contributed by atoms with Gasteiger partial charge in [-0.05, 0) is 48.0 Å². The quantitative estimate of drug-likeness (QED) is 0.408. The van der Waals surface area contributed by atoms with E-state index in [0.29, 0.717) is 22.3 Å². The Morgan fingerprint density at radius 3 is 2.44 bits per heavy atom. The van der Waals surface area contributed by atoms with Gasteiger partial charge in [0.15, 0.2) is 0 Å². The lowest BCUT2D eigenvalue weighted by molar-refractivity contribution is -0.118. The van der Waals surface area contributed by atoms with Gasteiger partial charge >= 0.3 is 11.4 Å². The molecule has 0 radical (unpaired) electrons. The van der Waals surface area contributed by atoms with Crippen molar-refractivity contribution in [2.45, 2.75) is 13.1 Å². The van der Waals surface area contributed by atoms with Crippen molar-refractivity contribution in [2.75, 3.05) is 0 Å². The standard InChI is InChI=1S/C22H18ClN7O4/c23-15-5-3-14(4-6-15)12-29-20(27-21(32)30(22(29)33)13-18(24)31)26-16-7-9-17(10-8-16)34-19-2-1-11-25-28-19/h1-11H,12-13H2,(H2,24,31)(H,26,27,32). The number of nitrogens with two attached hydrogens (primary N) is 1. The zero-order valence-corrected chi connectivity index (χ0v) is 18.3. The van der Waals surface area contributed by atoms with Crippen LogP contribution in [0, 0.1) is 0 Å². The number of rotatable bonds is 7. The van der Waals surface area contributed by atoms with Crippen LogP contribution in [0.5, 0.6) is 11.6 Å². The predicted molar refractivity (Wildman–Crippen MR) is 123 cm³/mol. The van der Waals surface area contributed by atoms with Gasteiger partial charge in [0.1, 0.15) is 12.3 Å². The van der Waals surface area contributed by atoms with Gasteiger partial charge in [-0.3, -0.25) is 14.3 Å². The molecule has 0 aliphatic rings. The maximum atomic E-state index is 13.0. The summed E-state index contributed by atoms with van der Waals surface area (Å²) < 4.78 is 7.55. The van der Waals surface area contributed by atoms with Gasteiger partial charge in [-0.1, -0.05) is 23.7 Å². The van der Waals surface area contributed by atoms with E-state index in [1.165, 1.54) is 10.8 Å². The molecule has 0 atom stereocenters. The summed E-state index contributed by atoms with van der Waals surface area (Å²) in [7, 11) is 0. The maximum absolute atomic E-state index is 13.0. The van der Waals surface area contributed by atoms with E-state index >= 15 is 0 Å². The average Bonchev–Trinajstić information content (AvgIpc) is 2.82. The summed E-state index contributed by atoms with van der Waals surface area (Å²) in [6, 6.07) is 16.8. The Morgan fingerprint density at radius 2 is 1.79 bits per heavy atom. The summed E-state index contributed by atoms with van der Waals surface area (Å²) in [5, 5.41) is 8.14. The van der Waals surface area contributed by atoms with Crippen LogP contribution in [-0.4, -0.2) is 30.2 Å². The summed E-state index contributed by atoms with van der Waals surface area (Å²) >= 11 is 5.94. The first-order chi connectivity index (χ1) is 16.4. The smallest absolute Gasteiger partial charge is 0.335 e. The number of carbonyl (C=O) groups is 1. The number of aromatic amines is 1. The summed E-state index contributed by atoms with van der Waals surface area (Å²) in [5.41, 5.74) is 4.82. The maximum Gasteiger partial charge on any atom is 0.335 e. The number of ether oxygens (including phenoxy) is 1. The van der Waals surface area contributed by atoms with Crippen LogP contribution in [0.25, 0.3) is 0 Å². The average molecular weight is 480 g/mol. The predicted octanol–water partition coefficient (Wildman–Crippen LogP) is 1.34. The van der Waals surface area contributed by atoms with Gasteiger partial charge in [-0.2, -0.15) is 5.10 Å². The van der Waals surface area contributed by atoms with E-state index in [4.69, 9.17) is 22.1 Å². The van der Waals surface area contributed by atoms with Gasteiger partial charge in [0.2, 0.25) is 17.4 Å². The van der Waals surface area contributed by atoms with E-state index in [0.717, 1.165) is 10.1 Å². The van der Waals surface area contributed by atoms with Gasteiger partial charge in [0.05, 0.1) is 12.2 Å². The number of nitrogens with zero attached hydrogens (tertiary/aromatic N) is 5. The lowest BCUT2D eigenvalue weighted by Crippen LogP contribution is -2.51. The molecule has 0 unspecified atom stereocenters. The molecule has 2 aromatic heterocycles. The zero-order valence-electron chi connectivity index (χ0n) is 17.6. The first-order valence-corrected chi connectivity index (χ1v) is 10.3. The number of benzene rings is 2. The lowest BCUT2D eigenvalue weighted by Gasteiger charge is -2.10. The SMILES string of the molecule is NC(=O)Cn1c(=O)[nH]/c(=N\c2ccc(Oc3cccnn3)cc2)n(Cc2ccc(Cl)cc2)c1=O. The Balaban J connectivity index is 1.74. The minimum Gasteiger partial charge on any atom is -0.438 e. The van der Waals surface area contributed by atoms with Crippen molar-refractivity contribution in [1.82, 2.24) is 24.3 Å². The van der Waals surface area contributed by atoms with Crippen LogP contribution < -0.4 is 27.5 Å². The Bertz CT molecular complexity index is 1490. The van der Waals surface area contributed by atoms with Crippen molar-refractivity contribution in [3.63, 3.8) is 0 Å². The molecule has 2 aromatic carbocycles. The molecule has 11 nitrogen and oxygen atoms in total. The highest BCUT2D eigenvalue weighted by molar-refractivity contribution is 6.30.